The molecule has 0 saturated carbocycles. The topological polar surface area (TPSA) is 40.5 Å². The van der Waals surface area contributed by atoms with Gasteiger partial charge in [0.25, 0.3) is 5.91 Å². The minimum absolute atomic E-state index is 0.137. The van der Waals surface area contributed by atoms with E-state index in [0.29, 0.717) is 23.4 Å². The largest absolute Gasteiger partial charge is 0.386 e. The second kappa shape index (κ2) is 3.76. The maximum Gasteiger partial charge on any atom is 0.264 e. The van der Waals surface area contributed by atoms with E-state index in [2.05, 4.69) is 0 Å². The summed E-state index contributed by atoms with van der Waals surface area (Å²) in [6.45, 7) is 2.37. The Morgan fingerprint density at radius 3 is 2.83 bits per heavy atom. The Balaban J connectivity index is 1.91. The zero-order valence-electron chi connectivity index (χ0n) is 9.81. The Labute approximate surface area is 107 Å². The van der Waals surface area contributed by atoms with Gasteiger partial charge < -0.3 is 10.0 Å². The molecule has 0 spiro atoms. The first-order valence-electron chi connectivity index (χ1n) is 5.66. The van der Waals surface area contributed by atoms with Gasteiger partial charge >= 0.3 is 0 Å². The third-order valence-electron chi connectivity index (χ3n) is 3.07. The minimum Gasteiger partial charge on any atom is -0.386 e. The number of β-amino-alcohol motifs (C(OH)–C–C–N with tert-alkyl or cyclic N) is 1. The van der Waals surface area contributed by atoms with Crippen molar-refractivity contribution in [1.29, 1.82) is 0 Å². The zero-order chi connectivity index (χ0) is 12.9. The first kappa shape index (κ1) is 11.6. The van der Waals surface area contributed by atoms with Gasteiger partial charge in [-0.1, -0.05) is 6.07 Å². The van der Waals surface area contributed by atoms with Gasteiger partial charge in [-0.25, -0.2) is 4.39 Å². The van der Waals surface area contributed by atoms with Gasteiger partial charge in [0, 0.05) is 10.1 Å². The Morgan fingerprint density at radius 2 is 2.22 bits per heavy atom. The highest BCUT2D eigenvalue weighted by Gasteiger charge is 2.40. The van der Waals surface area contributed by atoms with Gasteiger partial charge in [-0.05, 0) is 25.1 Å². The van der Waals surface area contributed by atoms with E-state index in [9.17, 15) is 14.3 Å². The molecule has 1 amide bonds. The lowest BCUT2D eigenvalue weighted by Gasteiger charge is -2.43. The van der Waals surface area contributed by atoms with Gasteiger partial charge in [0.05, 0.1) is 23.6 Å². The molecule has 2 heterocycles. The van der Waals surface area contributed by atoms with Crippen molar-refractivity contribution >= 4 is 27.3 Å². The van der Waals surface area contributed by atoms with Crippen molar-refractivity contribution < 1.29 is 14.3 Å². The average Bonchev–Trinajstić information content (AvgIpc) is 2.70. The van der Waals surface area contributed by atoms with Gasteiger partial charge in [-0.3, -0.25) is 4.79 Å². The van der Waals surface area contributed by atoms with Crippen LogP contribution in [0.4, 0.5) is 4.39 Å². The molecule has 3 rings (SSSR count). The van der Waals surface area contributed by atoms with Crippen molar-refractivity contribution in [3.63, 3.8) is 0 Å². The Hall–Kier alpha value is -1.46. The van der Waals surface area contributed by atoms with E-state index < -0.39 is 5.60 Å². The second-order valence-electron chi connectivity index (χ2n) is 4.92. The lowest BCUT2D eigenvalue weighted by Crippen LogP contribution is -2.61. The van der Waals surface area contributed by atoms with Crippen LogP contribution in [0.5, 0.6) is 0 Å². The molecule has 2 aromatic rings. The lowest BCUT2D eigenvalue weighted by molar-refractivity contribution is -0.0666. The molecular formula is C13H12FNO2S. The van der Waals surface area contributed by atoms with E-state index in [4.69, 9.17) is 0 Å². The number of nitrogens with zero attached hydrogens (tertiary/aromatic N) is 1. The molecule has 0 unspecified atom stereocenters. The van der Waals surface area contributed by atoms with Crippen LogP contribution in [0.3, 0.4) is 0 Å². The predicted octanol–water partition coefficient (Wildman–Crippen LogP) is 2.25. The fourth-order valence-electron chi connectivity index (χ4n) is 2.21. The number of carbonyl (C=O) groups is 1. The predicted molar refractivity (Wildman–Crippen MR) is 68.3 cm³/mol. The number of halogens is 1. The third kappa shape index (κ3) is 1.79. The number of rotatable bonds is 1. The molecule has 5 heteroatoms. The molecule has 0 aliphatic carbocycles. The van der Waals surface area contributed by atoms with E-state index in [1.807, 2.05) is 0 Å². The zero-order valence-corrected chi connectivity index (χ0v) is 10.6. The first-order chi connectivity index (χ1) is 8.46. The maximum atomic E-state index is 13.5. The van der Waals surface area contributed by atoms with Crippen molar-refractivity contribution in [3.8, 4) is 0 Å². The number of amides is 1. The Morgan fingerprint density at radius 1 is 1.50 bits per heavy atom. The Kier molecular flexibility index (Phi) is 2.43. The molecule has 18 heavy (non-hydrogen) atoms. The normalized spacial score (nSPS) is 17.8. The minimum atomic E-state index is -0.780. The summed E-state index contributed by atoms with van der Waals surface area (Å²) in [7, 11) is 0. The summed E-state index contributed by atoms with van der Waals surface area (Å²) in [5, 5.41) is 10.1. The van der Waals surface area contributed by atoms with Crippen LogP contribution < -0.4 is 0 Å². The number of fused-ring (bicyclic) bond motifs is 1. The SMILES string of the molecule is CC1(O)CN(C(=O)c2cc3c(F)cccc3s2)C1. The fourth-order valence-corrected chi connectivity index (χ4v) is 3.25. The van der Waals surface area contributed by atoms with E-state index in [1.165, 1.54) is 17.4 Å². The number of carbonyl (C=O) groups excluding carboxylic acids is 1. The van der Waals surface area contributed by atoms with Gasteiger partial charge in [0.15, 0.2) is 0 Å². The van der Waals surface area contributed by atoms with Crippen molar-refractivity contribution in [1.82, 2.24) is 4.90 Å². The van der Waals surface area contributed by atoms with Crippen molar-refractivity contribution in [2.45, 2.75) is 12.5 Å². The van der Waals surface area contributed by atoms with Crippen LogP contribution in [0.1, 0.15) is 16.6 Å². The molecule has 1 N–H and O–H groups in total. The molecule has 1 aliphatic rings. The second-order valence-corrected chi connectivity index (χ2v) is 6.00. The maximum absolute atomic E-state index is 13.5. The molecule has 1 aliphatic heterocycles. The number of hydrogen-bond donors (Lipinski definition) is 1. The van der Waals surface area contributed by atoms with Crippen molar-refractivity contribution in [2.75, 3.05) is 13.1 Å². The lowest BCUT2D eigenvalue weighted by atomic mass is 9.97. The van der Waals surface area contributed by atoms with Crippen LogP contribution in [0.2, 0.25) is 0 Å². The van der Waals surface area contributed by atoms with Gasteiger partial charge in [0.2, 0.25) is 0 Å². The molecule has 1 aromatic carbocycles. The number of aliphatic hydroxyl groups is 1. The summed E-state index contributed by atoms with van der Waals surface area (Å²) in [5.74, 6) is -0.444. The summed E-state index contributed by atoms with van der Waals surface area (Å²) in [5.41, 5.74) is -0.780. The molecular weight excluding hydrogens is 253 g/mol. The molecule has 0 atom stereocenters. The Bertz CT molecular complexity index is 627. The van der Waals surface area contributed by atoms with E-state index in [-0.39, 0.29) is 11.7 Å². The number of hydrogen-bond acceptors (Lipinski definition) is 3. The van der Waals surface area contributed by atoms with E-state index in [1.54, 1.807) is 30.0 Å². The molecule has 94 valence electrons. The van der Waals surface area contributed by atoms with E-state index in [0.717, 1.165) is 4.70 Å². The van der Waals surface area contributed by atoms with Crippen LogP contribution in [0, 0.1) is 5.82 Å². The van der Waals surface area contributed by atoms with Crippen LogP contribution in [-0.2, 0) is 0 Å². The standard InChI is InChI=1S/C13H12FNO2S/c1-13(17)6-15(7-13)12(16)11-5-8-9(14)3-2-4-10(8)18-11/h2-5,17H,6-7H2,1H3. The number of thiophene rings is 1. The van der Waals surface area contributed by atoms with Gasteiger partial charge in [-0.15, -0.1) is 11.3 Å². The monoisotopic (exact) mass is 265 g/mol. The molecule has 3 nitrogen and oxygen atoms in total. The summed E-state index contributed by atoms with van der Waals surface area (Å²) < 4.78 is 14.3. The molecule has 0 bridgehead atoms. The quantitative estimate of drug-likeness (QED) is 0.859. The summed E-state index contributed by atoms with van der Waals surface area (Å²) in [6.07, 6.45) is 0. The average molecular weight is 265 g/mol. The van der Waals surface area contributed by atoms with Crippen LogP contribution in [0.25, 0.3) is 10.1 Å². The van der Waals surface area contributed by atoms with Crippen molar-refractivity contribution in [2.24, 2.45) is 0 Å². The van der Waals surface area contributed by atoms with Gasteiger partial charge in [0.1, 0.15) is 5.82 Å². The molecule has 1 aromatic heterocycles. The number of likely N-dealkylation sites (tertiary alicyclic amines) is 1. The molecule has 0 radical (unpaired) electrons. The third-order valence-corrected chi connectivity index (χ3v) is 4.16. The first-order valence-corrected chi connectivity index (χ1v) is 6.48. The van der Waals surface area contributed by atoms with Crippen LogP contribution in [0.15, 0.2) is 24.3 Å². The summed E-state index contributed by atoms with van der Waals surface area (Å²) >= 11 is 1.28. The summed E-state index contributed by atoms with van der Waals surface area (Å²) in [4.78, 5) is 14.2. The fraction of sp³-hybridized carbons (Fsp3) is 0.308. The molecule has 1 saturated heterocycles. The highest BCUT2D eigenvalue weighted by atomic mass is 32.1. The summed E-state index contributed by atoms with van der Waals surface area (Å²) in [6, 6.07) is 6.41. The van der Waals surface area contributed by atoms with Gasteiger partial charge in [-0.2, -0.15) is 0 Å². The van der Waals surface area contributed by atoms with Crippen LogP contribution in [-0.4, -0.2) is 34.6 Å². The van der Waals surface area contributed by atoms with Crippen molar-refractivity contribution in [3.05, 3.63) is 35.0 Å². The molecule has 1 fully saturated rings. The highest BCUT2D eigenvalue weighted by Crippen LogP contribution is 2.30. The van der Waals surface area contributed by atoms with E-state index >= 15 is 0 Å². The number of benzene rings is 1. The van der Waals surface area contributed by atoms with Crippen LogP contribution >= 0.6 is 11.3 Å². The highest BCUT2D eigenvalue weighted by molar-refractivity contribution is 7.20. The smallest absolute Gasteiger partial charge is 0.264 e.